The molecule has 1 heterocycles. The molecule has 0 aliphatic heterocycles. The van der Waals surface area contributed by atoms with Crippen LogP contribution in [0.25, 0.3) is 10.9 Å². The van der Waals surface area contributed by atoms with Gasteiger partial charge < -0.3 is 10.4 Å². The van der Waals surface area contributed by atoms with Crippen LogP contribution in [0.5, 0.6) is 0 Å². The van der Waals surface area contributed by atoms with E-state index in [0.29, 0.717) is 30.8 Å². The van der Waals surface area contributed by atoms with Crippen LogP contribution in [0, 0.1) is 16.7 Å². The van der Waals surface area contributed by atoms with Gasteiger partial charge in [0.25, 0.3) is 0 Å². The number of carbonyl (C=O) groups is 1. The van der Waals surface area contributed by atoms with Crippen LogP contribution in [0.4, 0.5) is 5.82 Å². The molecule has 1 fully saturated rings. The average Bonchev–Trinajstić information content (AvgIpc) is 3.25. The molecular weight excluding hydrogens is 254 g/mol. The van der Waals surface area contributed by atoms with Crippen LogP contribution in [-0.2, 0) is 4.79 Å². The number of aliphatic carboxylic acids is 1. The van der Waals surface area contributed by atoms with Crippen molar-refractivity contribution >= 4 is 22.7 Å². The van der Waals surface area contributed by atoms with E-state index in [2.05, 4.69) is 16.4 Å². The van der Waals surface area contributed by atoms with Gasteiger partial charge in [0.05, 0.1) is 16.5 Å². The number of nitrogens with one attached hydrogen (secondary N) is 1. The second-order valence-corrected chi connectivity index (χ2v) is 5.13. The number of anilines is 1. The van der Waals surface area contributed by atoms with Crippen molar-refractivity contribution < 1.29 is 9.90 Å². The summed E-state index contributed by atoms with van der Waals surface area (Å²) in [5, 5.41) is 22.3. The molecule has 3 rings (SSSR count). The predicted octanol–water partition coefficient (Wildman–Crippen LogP) is 2.38. The minimum atomic E-state index is -0.788. The fraction of sp³-hybridized carbons (Fsp3) is 0.267. The highest BCUT2D eigenvalue weighted by Crippen LogP contribution is 2.45. The first-order valence-electron chi connectivity index (χ1n) is 6.42. The number of pyridine rings is 1. The van der Waals surface area contributed by atoms with Crippen LogP contribution >= 0.6 is 0 Å². The van der Waals surface area contributed by atoms with Gasteiger partial charge in [0.2, 0.25) is 0 Å². The van der Waals surface area contributed by atoms with Crippen molar-refractivity contribution in [3.8, 4) is 6.07 Å². The molecule has 2 aromatic rings. The first-order valence-corrected chi connectivity index (χ1v) is 6.42. The maximum atomic E-state index is 11.1. The zero-order valence-corrected chi connectivity index (χ0v) is 10.8. The van der Waals surface area contributed by atoms with E-state index < -0.39 is 11.4 Å². The molecule has 100 valence electrons. The monoisotopic (exact) mass is 267 g/mol. The number of para-hydroxylation sites is 1. The molecule has 5 nitrogen and oxygen atoms in total. The number of hydrogen-bond acceptors (Lipinski definition) is 4. The molecule has 0 atom stereocenters. The van der Waals surface area contributed by atoms with Crippen LogP contribution in [0.1, 0.15) is 18.4 Å². The molecule has 0 spiro atoms. The largest absolute Gasteiger partial charge is 0.481 e. The van der Waals surface area contributed by atoms with E-state index in [4.69, 9.17) is 5.11 Å². The number of aromatic nitrogens is 1. The summed E-state index contributed by atoms with van der Waals surface area (Å²) < 4.78 is 0. The number of carboxylic acids is 1. The standard InChI is InChI=1S/C15H13N3O2/c16-8-11-7-10-3-1-2-4-12(10)18-13(11)17-9-15(5-6-15)14(19)20/h1-4,7H,5-6,9H2,(H,17,18)(H,19,20). The third kappa shape index (κ3) is 2.05. The molecule has 1 aromatic heterocycles. The van der Waals surface area contributed by atoms with Gasteiger partial charge in [0.15, 0.2) is 0 Å². The van der Waals surface area contributed by atoms with Gasteiger partial charge >= 0.3 is 5.97 Å². The van der Waals surface area contributed by atoms with Crippen LogP contribution in [0.3, 0.4) is 0 Å². The van der Waals surface area contributed by atoms with Crippen molar-refractivity contribution in [1.82, 2.24) is 4.98 Å². The Kier molecular flexibility index (Phi) is 2.79. The zero-order chi connectivity index (χ0) is 14.2. The van der Waals surface area contributed by atoms with Crippen LogP contribution in [-0.4, -0.2) is 22.6 Å². The number of carboxylic acid groups (broad SMARTS) is 1. The van der Waals surface area contributed by atoms with Crippen molar-refractivity contribution in [3.05, 3.63) is 35.9 Å². The van der Waals surface area contributed by atoms with Gasteiger partial charge in [-0.1, -0.05) is 18.2 Å². The van der Waals surface area contributed by atoms with Crippen molar-refractivity contribution in [2.24, 2.45) is 5.41 Å². The summed E-state index contributed by atoms with van der Waals surface area (Å²) in [6, 6.07) is 11.4. The SMILES string of the molecule is N#Cc1cc2ccccc2nc1NCC1(C(=O)O)CC1. The fourth-order valence-corrected chi connectivity index (χ4v) is 2.21. The number of nitrogens with zero attached hydrogens (tertiary/aromatic N) is 2. The van der Waals surface area contributed by atoms with E-state index in [1.807, 2.05) is 24.3 Å². The van der Waals surface area contributed by atoms with E-state index in [9.17, 15) is 10.1 Å². The number of benzene rings is 1. The summed E-state index contributed by atoms with van der Waals surface area (Å²) in [5.41, 5.74) is 0.541. The lowest BCUT2D eigenvalue weighted by molar-refractivity contribution is -0.142. The number of rotatable bonds is 4. The Morgan fingerprint density at radius 2 is 2.20 bits per heavy atom. The predicted molar refractivity (Wildman–Crippen MR) is 74.3 cm³/mol. The minimum Gasteiger partial charge on any atom is -0.481 e. The molecule has 1 aliphatic carbocycles. The maximum Gasteiger partial charge on any atom is 0.311 e. The summed E-state index contributed by atoms with van der Waals surface area (Å²) in [6.07, 6.45) is 1.34. The fourth-order valence-electron chi connectivity index (χ4n) is 2.21. The first-order chi connectivity index (χ1) is 9.64. The Labute approximate surface area is 115 Å². The summed E-state index contributed by atoms with van der Waals surface area (Å²) in [4.78, 5) is 15.6. The Morgan fingerprint density at radius 1 is 1.45 bits per heavy atom. The molecule has 5 heteroatoms. The van der Waals surface area contributed by atoms with Crippen LogP contribution < -0.4 is 5.32 Å². The quantitative estimate of drug-likeness (QED) is 0.888. The van der Waals surface area contributed by atoms with Gasteiger partial charge in [-0.2, -0.15) is 5.26 Å². The molecule has 20 heavy (non-hydrogen) atoms. The van der Waals surface area contributed by atoms with E-state index >= 15 is 0 Å². The topological polar surface area (TPSA) is 86.0 Å². The van der Waals surface area contributed by atoms with Crippen molar-refractivity contribution in [3.63, 3.8) is 0 Å². The van der Waals surface area contributed by atoms with Crippen molar-refractivity contribution in [1.29, 1.82) is 5.26 Å². The number of hydrogen-bond donors (Lipinski definition) is 2. The molecule has 0 radical (unpaired) electrons. The lowest BCUT2D eigenvalue weighted by Gasteiger charge is -2.13. The van der Waals surface area contributed by atoms with Crippen LogP contribution in [0.2, 0.25) is 0 Å². The molecule has 1 aromatic carbocycles. The molecule has 0 amide bonds. The van der Waals surface area contributed by atoms with Gasteiger partial charge in [0, 0.05) is 11.9 Å². The third-order valence-electron chi connectivity index (χ3n) is 3.75. The van der Waals surface area contributed by atoms with Gasteiger partial charge in [0.1, 0.15) is 11.9 Å². The van der Waals surface area contributed by atoms with Gasteiger partial charge in [-0.15, -0.1) is 0 Å². The summed E-state index contributed by atoms with van der Waals surface area (Å²) in [5.74, 6) is -0.331. The van der Waals surface area contributed by atoms with Gasteiger partial charge in [-0.05, 0) is 25.0 Å². The second-order valence-electron chi connectivity index (χ2n) is 5.13. The summed E-state index contributed by atoms with van der Waals surface area (Å²) in [7, 11) is 0. The van der Waals surface area contributed by atoms with E-state index in [1.54, 1.807) is 6.07 Å². The van der Waals surface area contributed by atoms with Gasteiger partial charge in [-0.25, -0.2) is 4.98 Å². The second kappa shape index (κ2) is 4.49. The lowest BCUT2D eigenvalue weighted by atomic mass is 10.1. The Bertz CT molecular complexity index is 729. The summed E-state index contributed by atoms with van der Waals surface area (Å²) >= 11 is 0. The highest BCUT2D eigenvalue weighted by Gasteiger charge is 2.50. The smallest absolute Gasteiger partial charge is 0.311 e. The maximum absolute atomic E-state index is 11.1. The van der Waals surface area contributed by atoms with Crippen LogP contribution in [0.15, 0.2) is 30.3 Å². The first kappa shape index (κ1) is 12.4. The third-order valence-corrected chi connectivity index (χ3v) is 3.75. The van der Waals surface area contributed by atoms with Gasteiger partial charge in [-0.3, -0.25) is 4.79 Å². The minimum absolute atomic E-state index is 0.308. The van der Waals surface area contributed by atoms with E-state index in [-0.39, 0.29) is 0 Å². The molecule has 0 unspecified atom stereocenters. The molecule has 1 saturated carbocycles. The van der Waals surface area contributed by atoms with E-state index in [0.717, 1.165) is 10.9 Å². The normalized spacial score (nSPS) is 15.6. The molecule has 0 bridgehead atoms. The molecule has 1 aliphatic rings. The van der Waals surface area contributed by atoms with E-state index in [1.165, 1.54) is 0 Å². The zero-order valence-electron chi connectivity index (χ0n) is 10.8. The summed E-state index contributed by atoms with van der Waals surface area (Å²) in [6.45, 7) is 0.308. The Balaban J connectivity index is 1.91. The van der Waals surface area contributed by atoms with Crippen molar-refractivity contribution in [2.75, 3.05) is 11.9 Å². The number of fused-ring (bicyclic) bond motifs is 1. The Hall–Kier alpha value is -2.61. The lowest BCUT2D eigenvalue weighted by Crippen LogP contribution is -2.25. The highest BCUT2D eigenvalue weighted by molar-refractivity contribution is 5.83. The molecular formula is C15H13N3O2. The number of nitriles is 1. The Morgan fingerprint density at radius 3 is 2.85 bits per heavy atom. The van der Waals surface area contributed by atoms with Crippen molar-refractivity contribution in [2.45, 2.75) is 12.8 Å². The average molecular weight is 267 g/mol. The highest BCUT2D eigenvalue weighted by atomic mass is 16.4. The molecule has 0 saturated heterocycles. The molecule has 2 N–H and O–H groups in total.